The maximum absolute atomic E-state index is 5.35. The van der Waals surface area contributed by atoms with Crippen LogP contribution in [0.15, 0.2) is 22.8 Å². The molecule has 0 N–H and O–H groups in total. The molecule has 1 fully saturated rings. The summed E-state index contributed by atoms with van der Waals surface area (Å²) >= 11 is 3.35. The first kappa shape index (κ1) is 8.58. The fraction of sp³-hybridized carbons (Fsp3) is 0.375. The molecule has 0 radical (unpaired) electrons. The summed E-state index contributed by atoms with van der Waals surface area (Å²) in [4.78, 5) is 0.653. The predicted octanol–water partition coefficient (Wildman–Crippen LogP) is 0.116. The molecular formula is C8H8O2Se2. The molecule has 4 heteroatoms. The Hall–Kier alpha value is -0.0110. The molecular weight excluding hydrogens is 286 g/mol. The SMILES string of the molecule is [Se]=C1CC([Se]c2ccco2)CO1. The summed E-state index contributed by atoms with van der Waals surface area (Å²) < 4.78 is 12.8. The summed E-state index contributed by atoms with van der Waals surface area (Å²) in [6, 6.07) is 3.98. The van der Waals surface area contributed by atoms with Crippen molar-refractivity contribution in [2.24, 2.45) is 0 Å². The van der Waals surface area contributed by atoms with E-state index in [4.69, 9.17) is 9.15 Å². The van der Waals surface area contributed by atoms with Gasteiger partial charge in [0.15, 0.2) is 0 Å². The van der Waals surface area contributed by atoms with Crippen molar-refractivity contribution in [3.63, 3.8) is 0 Å². The Labute approximate surface area is 85.2 Å². The van der Waals surface area contributed by atoms with Gasteiger partial charge in [-0.2, -0.15) is 0 Å². The fourth-order valence-electron chi connectivity index (χ4n) is 1.06. The van der Waals surface area contributed by atoms with E-state index in [-0.39, 0.29) is 0 Å². The van der Waals surface area contributed by atoms with Crippen LogP contribution < -0.4 is 4.66 Å². The summed E-state index contributed by atoms with van der Waals surface area (Å²) in [5.41, 5.74) is 0. The van der Waals surface area contributed by atoms with Crippen LogP contribution in [-0.4, -0.2) is 41.7 Å². The predicted molar refractivity (Wildman–Crippen MR) is 49.2 cm³/mol. The van der Waals surface area contributed by atoms with Gasteiger partial charge in [0.2, 0.25) is 0 Å². The molecule has 2 heterocycles. The number of hydrogen-bond acceptors (Lipinski definition) is 2. The zero-order valence-corrected chi connectivity index (χ0v) is 9.78. The number of ether oxygens (including phenoxy) is 1. The van der Waals surface area contributed by atoms with E-state index in [1.54, 1.807) is 6.26 Å². The van der Waals surface area contributed by atoms with Crippen molar-refractivity contribution in [2.75, 3.05) is 6.61 Å². The average Bonchev–Trinajstić information content (AvgIpc) is 2.63. The van der Waals surface area contributed by atoms with E-state index < -0.39 is 0 Å². The van der Waals surface area contributed by atoms with Crippen LogP contribution in [-0.2, 0) is 4.74 Å². The standard InChI is InChI=1S/C8H8O2Se2/c11-7-4-6(5-10-7)12-8-2-1-3-9-8/h1-3,6H,4-5H2. The van der Waals surface area contributed by atoms with Gasteiger partial charge in [0.1, 0.15) is 0 Å². The molecule has 64 valence electrons. The summed E-state index contributed by atoms with van der Waals surface area (Å²) in [7, 11) is 0. The Bertz CT molecular complexity index is 269. The molecule has 1 aliphatic rings. The molecule has 1 aromatic rings. The van der Waals surface area contributed by atoms with Crippen molar-refractivity contribution >= 4 is 39.8 Å². The molecule has 0 aliphatic carbocycles. The van der Waals surface area contributed by atoms with Crippen LogP contribution in [0, 0.1) is 0 Å². The van der Waals surface area contributed by atoms with Crippen molar-refractivity contribution in [2.45, 2.75) is 11.2 Å². The van der Waals surface area contributed by atoms with Gasteiger partial charge in [-0.1, -0.05) is 0 Å². The molecule has 0 bridgehead atoms. The van der Waals surface area contributed by atoms with Gasteiger partial charge in [0.25, 0.3) is 0 Å². The molecule has 1 saturated heterocycles. The molecule has 0 saturated carbocycles. The van der Waals surface area contributed by atoms with E-state index in [1.165, 1.54) is 0 Å². The van der Waals surface area contributed by atoms with Crippen LogP contribution in [0.2, 0.25) is 4.82 Å². The average molecular weight is 294 g/mol. The van der Waals surface area contributed by atoms with Crippen LogP contribution in [0.4, 0.5) is 0 Å². The second-order valence-corrected chi connectivity index (χ2v) is 6.25. The summed E-state index contributed by atoms with van der Waals surface area (Å²) in [5, 5.41) is 0. The van der Waals surface area contributed by atoms with Crippen LogP contribution in [0.3, 0.4) is 0 Å². The minimum absolute atomic E-state index is 0.426. The molecule has 0 amide bonds. The number of rotatable bonds is 2. The normalized spacial score (nSPS) is 22.7. The van der Waals surface area contributed by atoms with Crippen molar-refractivity contribution in [1.82, 2.24) is 0 Å². The van der Waals surface area contributed by atoms with Gasteiger partial charge in [-0.25, -0.2) is 0 Å². The Morgan fingerprint density at radius 1 is 1.58 bits per heavy atom. The first-order valence-corrected chi connectivity index (χ1v) is 6.40. The fourth-order valence-corrected chi connectivity index (χ4v) is 4.19. The van der Waals surface area contributed by atoms with Crippen molar-refractivity contribution in [1.29, 1.82) is 0 Å². The van der Waals surface area contributed by atoms with E-state index in [1.807, 2.05) is 12.1 Å². The third-order valence-corrected chi connectivity index (χ3v) is 4.51. The van der Waals surface area contributed by atoms with E-state index >= 15 is 0 Å². The Kier molecular flexibility index (Phi) is 2.72. The van der Waals surface area contributed by atoms with Crippen LogP contribution in [0.5, 0.6) is 0 Å². The van der Waals surface area contributed by atoms with Crippen molar-refractivity contribution < 1.29 is 9.15 Å². The van der Waals surface area contributed by atoms with Gasteiger partial charge in [0, 0.05) is 0 Å². The van der Waals surface area contributed by atoms with Crippen LogP contribution in [0.25, 0.3) is 0 Å². The first-order valence-electron chi connectivity index (χ1n) is 3.70. The zero-order chi connectivity index (χ0) is 8.39. The number of hydrogen-bond donors (Lipinski definition) is 0. The Morgan fingerprint density at radius 3 is 3.08 bits per heavy atom. The quantitative estimate of drug-likeness (QED) is 0.723. The van der Waals surface area contributed by atoms with E-state index in [0.29, 0.717) is 19.8 Å². The van der Waals surface area contributed by atoms with Gasteiger partial charge < -0.3 is 0 Å². The third kappa shape index (κ3) is 2.02. The topological polar surface area (TPSA) is 22.4 Å². The van der Waals surface area contributed by atoms with Crippen LogP contribution in [0.1, 0.15) is 6.42 Å². The third-order valence-electron chi connectivity index (χ3n) is 1.60. The molecule has 2 rings (SSSR count). The molecule has 0 aromatic carbocycles. The second kappa shape index (κ2) is 3.80. The monoisotopic (exact) mass is 296 g/mol. The Morgan fingerprint density at radius 2 is 2.50 bits per heavy atom. The molecule has 1 unspecified atom stereocenters. The van der Waals surface area contributed by atoms with Crippen LogP contribution >= 0.6 is 0 Å². The molecule has 0 spiro atoms. The van der Waals surface area contributed by atoms with E-state index in [0.717, 1.165) is 22.3 Å². The molecule has 1 aromatic heterocycles. The molecule has 1 atom stereocenters. The number of furan rings is 1. The first-order chi connectivity index (χ1) is 5.84. The molecule has 12 heavy (non-hydrogen) atoms. The Balaban J connectivity index is 1.92. The summed E-state index contributed by atoms with van der Waals surface area (Å²) in [6.45, 7) is 0.850. The van der Waals surface area contributed by atoms with Gasteiger partial charge >= 0.3 is 85.2 Å². The van der Waals surface area contributed by atoms with Gasteiger partial charge in [-0.3, -0.25) is 0 Å². The van der Waals surface area contributed by atoms with E-state index in [2.05, 4.69) is 15.6 Å². The summed E-state index contributed by atoms with van der Waals surface area (Å²) in [5.74, 6) is 0. The summed E-state index contributed by atoms with van der Waals surface area (Å²) in [6.07, 6.45) is 2.79. The maximum atomic E-state index is 5.35. The van der Waals surface area contributed by atoms with E-state index in [9.17, 15) is 0 Å². The molecule has 1 aliphatic heterocycles. The van der Waals surface area contributed by atoms with Crippen molar-refractivity contribution in [3.8, 4) is 0 Å². The van der Waals surface area contributed by atoms with Crippen molar-refractivity contribution in [3.05, 3.63) is 18.4 Å². The van der Waals surface area contributed by atoms with Gasteiger partial charge in [-0.15, -0.1) is 0 Å². The zero-order valence-electron chi connectivity index (χ0n) is 6.36. The second-order valence-electron chi connectivity index (χ2n) is 2.56. The van der Waals surface area contributed by atoms with Gasteiger partial charge in [0.05, 0.1) is 0 Å². The molecule has 2 nitrogen and oxygen atoms in total. The van der Waals surface area contributed by atoms with Gasteiger partial charge in [-0.05, 0) is 0 Å². The minimum atomic E-state index is 0.426.